The zero-order chi connectivity index (χ0) is 14.9. The summed E-state index contributed by atoms with van der Waals surface area (Å²) in [5.74, 6) is 0.209. The lowest BCUT2D eigenvalue weighted by molar-refractivity contribution is 0.0912. The van der Waals surface area contributed by atoms with Crippen LogP contribution in [-0.2, 0) is 10.0 Å². The molecular formula is C15H23NO3S. The van der Waals surface area contributed by atoms with E-state index in [0.29, 0.717) is 18.0 Å². The minimum Gasteiger partial charge on any atom is -0.393 e. The fourth-order valence-corrected chi connectivity index (χ4v) is 4.18. The SMILES string of the molecule is Cc1ccc(S(=O)(=O)N2CCC(C(C)O)CC2)cc1C. The standard InChI is InChI=1S/C15H23NO3S/c1-11-4-5-15(10-12(11)2)20(18,19)16-8-6-14(7-9-16)13(3)17/h4-5,10,13-14,17H,6-9H2,1-3H3. The first-order chi connectivity index (χ1) is 9.32. The number of aliphatic hydroxyl groups excluding tert-OH is 1. The summed E-state index contributed by atoms with van der Waals surface area (Å²) < 4.78 is 26.7. The maximum Gasteiger partial charge on any atom is 0.243 e. The van der Waals surface area contributed by atoms with Gasteiger partial charge in [0, 0.05) is 13.1 Å². The average molecular weight is 297 g/mol. The van der Waals surface area contributed by atoms with Crippen molar-refractivity contribution < 1.29 is 13.5 Å². The van der Waals surface area contributed by atoms with Gasteiger partial charge in [-0.3, -0.25) is 0 Å². The number of hydrogen-bond acceptors (Lipinski definition) is 3. The monoisotopic (exact) mass is 297 g/mol. The van der Waals surface area contributed by atoms with E-state index in [-0.39, 0.29) is 12.0 Å². The van der Waals surface area contributed by atoms with Crippen LogP contribution in [0.15, 0.2) is 23.1 Å². The fourth-order valence-electron chi connectivity index (χ4n) is 2.62. The van der Waals surface area contributed by atoms with Gasteiger partial charge in [0.1, 0.15) is 0 Å². The van der Waals surface area contributed by atoms with E-state index in [1.54, 1.807) is 19.1 Å². The van der Waals surface area contributed by atoms with Crippen LogP contribution in [0.3, 0.4) is 0 Å². The van der Waals surface area contributed by atoms with Crippen molar-refractivity contribution in [2.45, 2.75) is 44.6 Å². The molecule has 0 radical (unpaired) electrons. The molecule has 1 heterocycles. The average Bonchev–Trinajstić information content (AvgIpc) is 2.41. The quantitative estimate of drug-likeness (QED) is 0.929. The molecule has 1 aromatic carbocycles. The van der Waals surface area contributed by atoms with E-state index >= 15 is 0 Å². The largest absolute Gasteiger partial charge is 0.393 e. The third kappa shape index (κ3) is 3.05. The lowest BCUT2D eigenvalue weighted by Crippen LogP contribution is -2.40. The van der Waals surface area contributed by atoms with Crippen molar-refractivity contribution >= 4 is 10.0 Å². The van der Waals surface area contributed by atoms with Crippen LogP contribution in [0.2, 0.25) is 0 Å². The van der Waals surface area contributed by atoms with Crippen LogP contribution in [0, 0.1) is 19.8 Å². The molecule has 1 saturated heterocycles. The van der Waals surface area contributed by atoms with Crippen LogP contribution < -0.4 is 0 Å². The molecular weight excluding hydrogens is 274 g/mol. The maximum atomic E-state index is 12.6. The van der Waals surface area contributed by atoms with Gasteiger partial charge in [-0.05, 0) is 62.8 Å². The molecule has 0 amide bonds. The summed E-state index contributed by atoms with van der Waals surface area (Å²) in [6, 6.07) is 5.27. The number of benzene rings is 1. The number of nitrogens with zero attached hydrogens (tertiary/aromatic N) is 1. The van der Waals surface area contributed by atoms with E-state index in [0.717, 1.165) is 24.0 Å². The lowest BCUT2D eigenvalue weighted by atomic mass is 9.93. The summed E-state index contributed by atoms with van der Waals surface area (Å²) in [5.41, 5.74) is 2.08. The predicted molar refractivity (Wildman–Crippen MR) is 79.1 cm³/mol. The van der Waals surface area contributed by atoms with Crippen molar-refractivity contribution in [3.8, 4) is 0 Å². The van der Waals surface area contributed by atoms with Crippen molar-refractivity contribution in [3.05, 3.63) is 29.3 Å². The van der Waals surface area contributed by atoms with Gasteiger partial charge in [0.25, 0.3) is 0 Å². The molecule has 1 aliphatic heterocycles. The molecule has 1 aromatic rings. The minimum absolute atomic E-state index is 0.209. The van der Waals surface area contributed by atoms with Crippen LogP contribution in [0.1, 0.15) is 30.9 Å². The Morgan fingerprint density at radius 1 is 1.20 bits per heavy atom. The lowest BCUT2D eigenvalue weighted by Gasteiger charge is -2.32. The molecule has 2 rings (SSSR count). The molecule has 0 aliphatic carbocycles. The van der Waals surface area contributed by atoms with Gasteiger partial charge in [0.15, 0.2) is 0 Å². The molecule has 0 saturated carbocycles. The molecule has 0 aromatic heterocycles. The van der Waals surface area contributed by atoms with Crippen molar-refractivity contribution in [1.29, 1.82) is 0 Å². The summed E-state index contributed by atoms with van der Waals surface area (Å²) in [7, 11) is -3.40. The van der Waals surface area contributed by atoms with Gasteiger partial charge < -0.3 is 5.11 Å². The third-order valence-corrected chi connectivity index (χ3v) is 6.19. The Morgan fingerprint density at radius 3 is 2.30 bits per heavy atom. The van der Waals surface area contributed by atoms with Gasteiger partial charge in [-0.1, -0.05) is 6.07 Å². The Balaban J connectivity index is 2.17. The maximum absolute atomic E-state index is 12.6. The van der Waals surface area contributed by atoms with Crippen molar-refractivity contribution in [2.24, 2.45) is 5.92 Å². The van der Waals surface area contributed by atoms with Crippen LogP contribution >= 0.6 is 0 Å². The van der Waals surface area contributed by atoms with Crippen LogP contribution in [0.25, 0.3) is 0 Å². The number of aliphatic hydroxyl groups is 1. The molecule has 4 nitrogen and oxygen atoms in total. The molecule has 1 atom stereocenters. The van der Waals surface area contributed by atoms with Gasteiger partial charge in [-0.2, -0.15) is 4.31 Å². The first kappa shape index (κ1) is 15.5. The Morgan fingerprint density at radius 2 is 1.80 bits per heavy atom. The minimum atomic E-state index is -3.40. The first-order valence-electron chi connectivity index (χ1n) is 7.08. The summed E-state index contributed by atoms with van der Waals surface area (Å²) in [6.45, 7) is 6.65. The van der Waals surface area contributed by atoms with E-state index in [1.165, 1.54) is 4.31 Å². The number of hydrogen-bond donors (Lipinski definition) is 1. The van der Waals surface area contributed by atoms with E-state index in [9.17, 15) is 13.5 Å². The number of rotatable bonds is 3. The highest BCUT2D eigenvalue weighted by Gasteiger charge is 2.30. The van der Waals surface area contributed by atoms with Crippen molar-refractivity contribution in [2.75, 3.05) is 13.1 Å². The van der Waals surface area contributed by atoms with E-state index < -0.39 is 10.0 Å². The topological polar surface area (TPSA) is 57.6 Å². The first-order valence-corrected chi connectivity index (χ1v) is 8.52. The fraction of sp³-hybridized carbons (Fsp3) is 0.600. The van der Waals surface area contributed by atoms with E-state index in [4.69, 9.17) is 0 Å². The highest BCUT2D eigenvalue weighted by atomic mass is 32.2. The number of sulfonamides is 1. The van der Waals surface area contributed by atoms with Crippen LogP contribution in [-0.4, -0.2) is 37.0 Å². The molecule has 112 valence electrons. The molecule has 1 fully saturated rings. The molecule has 0 spiro atoms. The molecule has 1 N–H and O–H groups in total. The molecule has 1 unspecified atom stereocenters. The van der Waals surface area contributed by atoms with Gasteiger partial charge in [-0.15, -0.1) is 0 Å². The molecule has 1 aliphatic rings. The van der Waals surface area contributed by atoms with Gasteiger partial charge in [0.05, 0.1) is 11.0 Å². The van der Waals surface area contributed by atoms with E-state index in [1.807, 2.05) is 19.9 Å². The Labute approximate surface area is 121 Å². The highest BCUT2D eigenvalue weighted by Crippen LogP contribution is 2.26. The second kappa shape index (κ2) is 5.84. The summed E-state index contributed by atoms with van der Waals surface area (Å²) in [6.07, 6.45) is 1.09. The Bertz CT molecular complexity index is 573. The van der Waals surface area contributed by atoms with E-state index in [2.05, 4.69) is 0 Å². The molecule has 20 heavy (non-hydrogen) atoms. The third-order valence-electron chi connectivity index (χ3n) is 4.30. The van der Waals surface area contributed by atoms with Crippen LogP contribution in [0.4, 0.5) is 0 Å². The summed E-state index contributed by atoms with van der Waals surface area (Å²) >= 11 is 0. The number of piperidine rings is 1. The second-order valence-electron chi connectivity index (χ2n) is 5.73. The van der Waals surface area contributed by atoms with Crippen molar-refractivity contribution in [1.82, 2.24) is 4.31 Å². The van der Waals surface area contributed by atoms with Crippen molar-refractivity contribution in [3.63, 3.8) is 0 Å². The predicted octanol–water partition coefficient (Wildman–Crippen LogP) is 2.08. The van der Waals surface area contributed by atoms with Crippen LogP contribution in [0.5, 0.6) is 0 Å². The summed E-state index contributed by atoms with van der Waals surface area (Å²) in [4.78, 5) is 0.371. The zero-order valence-electron chi connectivity index (χ0n) is 12.3. The Kier molecular flexibility index (Phi) is 4.52. The smallest absolute Gasteiger partial charge is 0.243 e. The summed E-state index contributed by atoms with van der Waals surface area (Å²) in [5, 5.41) is 9.58. The second-order valence-corrected chi connectivity index (χ2v) is 7.67. The highest BCUT2D eigenvalue weighted by molar-refractivity contribution is 7.89. The molecule has 5 heteroatoms. The number of aryl methyl sites for hydroxylation is 2. The van der Waals surface area contributed by atoms with Gasteiger partial charge >= 0.3 is 0 Å². The zero-order valence-corrected chi connectivity index (χ0v) is 13.2. The Hall–Kier alpha value is -0.910. The van der Waals surface area contributed by atoms with Gasteiger partial charge in [-0.25, -0.2) is 8.42 Å². The normalized spacial score (nSPS) is 20.0. The van der Waals surface area contributed by atoms with Gasteiger partial charge in [0.2, 0.25) is 10.0 Å². The molecule has 0 bridgehead atoms.